The third-order valence-corrected chi connectivity index (χ3v) is 4.99. The molecule has 0 bridgehead atoms. The molecule has 0 amide bonds. The summed E-state index contributed by atoms with van der Waals surface area (Å²) in [4.78, 5) is 2.51. The molecule has 3 aromatic rings. The molecule has 4 rings (SSSR count). The maximum Gasteiger partial charge on any atom is 0.160 e. The highest BCUT2D eigenvalue weighted by molar-refractivity contribution is 5.47. The first kappa shape index (κ1) is 16.1. The first-order valence-electron chi connectivity index (χ1n) is 9.34. The lowest BCUT2D eigenvalue weighted by Crippen LogP contribution is -2.83. The Morgan fingerprint density at radius 3 is 2.60 bits per heavy atom. The summed E-state index contributed by atoms with van der Waals surface area (Å²) in [5, 5.41) is 10.8. The second-order valence-corrected chi connectivity index (χ2v) is 6.79. The molecule has 0 saturated carbocycles. The molecule has 1 aliphatic rings. The minimum Gasteiger partial charge on any atom is -0.372 e. The van der Waals surface area contributed by atoms with Crippen molar-refractivity contribution in [2.24, 2.45) is 0 Å². The molecule has 2 aromatic heterocycles. The number of hydrogen-bond donors (Lipinski definition) is 1. The summed E-state index contributed by atoms with van der Waals surface area (Å²) in [7, 11) is 0. The van der Waals surface area contributed by atoms with E-state index in [9.17, 15) is 0 Å². The maximum atomic E-state index is 4.29. The van der Waals surface area contributed by atoms with E-state index in [1.54, 1.807) is 0 Å². The SMILES string of the molecule is c1ccn2c(CC[NH2+]Cc3ccc(N4CCCCC4)cc3)nnc2c1. The largest absolute Gasteiger partial charge is 0.372 e. The standard InChI is InChI=1S/C20H25N5/c1-3-13-24(14-4-1)18-9-7-17(8-10-18)16-21-12-11-20-23-22-19-6-2-5-15-25(19)20/h2,5-10,15,21H,1,3-4,11-14,16H2/p+1. The van der Waals surface area contributed by atoms with E-state index in [0.29, 0.717) is 0 Å². The first-order chi connectivity index (χ1) is 12.4. The molecule has 5 nitrogen and oxygen atoms in total. The topological polar surface area (TPSA) is 50.0 Å². The number of aromatic nitrogens is 3. The van der Waals surface area contributed by atoms with Crippen molar-refractivity contribution in [2.75, 3.05) is 24.5 Å². The van der Waals surface area contributed by atoms with Gasteiger partial charge in [0.2, 0.25) is 0 Å². The third-order valence-electron chi connectivity index (χ3n) is 4.99. The highest BCUT2D eigenvalue weighted by atomic mass is 15.2. The average Bonchev–Trinajstić information content (AvgIpc) is 3.10. The molecule has 1 saturated heterocycles. The Hall–Kier alpha value is -2.40. The van der Waals surface area contributed by atoms with Crippen LogP contribution in [0.25, 0.3) is 5.65 Å². The summed E-state index contributed by atoms with van der Waals surface area (Å²) < 4.78 is 2.07. The second-order valence-electron chi connectivity index (χ2n) is 6.79. The van der Waals surface area contributed by atoms with Crippen LogP contribution in [0.1, 0.15) is 30.7 Å². The second kappa shape index (κ2) is 7.66. The van der Waals surface area contributed by atoms with Crippen LogP contribution in [0.2, 0.25) is 0 Å². The van der Waals surface area contributed by atoms with Gasteiger partial charge in [0.15, 0.2) is 5.65 Å². The molecule has 2 N–H and O–H groups in total. The maximum absolute atomic E-state index is 4.29. The predicted octanol–water partition coefficient (Wildman–Crippen LogP) is 2.03. The van der Waals surface area contributed by atoms with E-state index in [1.165, 1.54) is 43.6 Å². The lowest BCUT2D eigenvalue weighted by molar-refractivity contribution is -0.670. The normalized spacial score (nSPS) is 15.0. The Bertz CT molecular complexity index is 802. The van der Waals surface area contributed by atoms with Crippen LogP contribution in [-0.4, -0.2) is 34.2 Å². The molecule has 0 spiro atoms. The molecule has 5 heteroatoms. The van der Waals surface area contributed by atoms with Crippen LogP contribution >= 0.6 is 0 Å². The number of rotatable bonds is 6. The zero-order chi connectivity index (χ0) is 16.9. The molecule has 0 radical (unpaired) electrons. The Labute approximate surface area is 148 Å². The number of hydrogen-bond acceptors (Lipinski definition) is 3. The van der Waals surface area contributed by atoms with Crippen LogP contribution in [0, 0.1) is 0 Å². The quantitative estimate of drug-likeness (QED) is 0.701. The Balaban J connectivity index is 1.27. The Morgan fingerprint density at radius 2 is 1.76 bits per heavy atom. The van der Waals surface area contributed by atoms with E-state index >= 15 is 0 Å². The smallest absolute Gasteiger partial charge is 0.160 e. The van der Waals surface area contributed by atoms with Crippen LogP contribution < -0.4 is 10.2 Å². The molecule has 1 fully saturated rings. The van der Waals surface area contributed by atoms with E-state index in [-0.39, 0.29) is 0 Å². The van der Waals surface area contributed by atoms with E-state index in [2.05, 4.69) is 49.1 Å². The zero-order valence-corrected chi connectivity index (χ0v) is 14.6. The molecular weight excluding hydrogens is 310 g/mol. The van der Waals surface area contributed by atoms with Crippen molar-refractivity contribution in [3.8, 4) is 0 Å². The Morgan fingerprint density at radius 1 is 0.920 bits per heavy atom. The first-order valence-corrected chi connectivity index (χ1v) is 9.34. The van der Waals surface area contributed by atoms with Crippen molar-refractivity contribution in [1.29, 1.82) is 0 Å². The summed E-state index contributed by atoms with van der Waals surface area (Å²) in [6, 6.07) is 15.1. The van der Waals surface area contributed by atoms with Gasteiger partial charge in [-0.3, -0.25) is 4.40 Å². The van der Waals surface area contributed by atoms with Crippen molar-refractivity contribution in [3.63, 3.8) is 0 Å². The Kier molecular flexibility index (Phi) is 4.93. The molecule has 25 heavy (non-hydrogen) atoms. The van der Waals surface area contributed by atoms with Crippen LogP contribution in [-0.2, 0) is 13.0 Å². The van der Waals surface area contributed by atoms with Crippen molar-refractivity contribution < 1.29 is 5.32 Å². The summed E-state index contributed by atoms with van der Waals surface area (Å²) in [5.74, 6) is 1.03. The van der Waals surface area contributed by atoms with Gasteiger partial charge in [-0.2, -0.15) is 0 Å². The van der Waals surface area contributed by atoms with Crippen molar-refractivity contribution in [2.45, 2.75) is 32.2 Å². The van der Waals surface area contributed by atoms with Gasteiger partial charge in [-0.05, 0) is 43.5 Å². The molecule has 0 aliphatic carbocycles. The molecule has 130 valence electrons. The molecule has 3 heterocycles. The van der Waals surface area contributed by atoms with Crippen LogP contribution in [0.4, 0.5) is 5.69 Å². The van der Waals surface area contributed by atoms with Gasteiger partial charge in [-0.25, -0.2) is 0 Å². The van der Waals surface area contributed by atoms with Gasteiger partial charge in [-0.15, -0.1) is 10.2 Å². The van der Waals surface area contributed by atoms with E-state index < -0.39 is 0 Å². The van der Waals surface area contributed by atoms with Gasteiger partial charge in [0, 0.05) is 30.5 Å². The molecule has 0 atom stereocenters. The summed E-state index contributed by atoms with van der Waals surface area (Å²) in [5.41, 5.74) is 3.68. The summed E-state index contributed by atoms with van der Waals surface area (Å²) in [6.45, 7) is 4.44. The van der Waals surface area contributed by atoms with Crippen LogP contribution in [0.15, 0.2) is 48.7 Å². The number of fused-ring (bicyclic) bond motifs is 1. The van der Waals surface area contributed by atoms with E-state index in [1.807, 2.05) is 24.4 Å². The fraction of sp³-hybridized carbons (Fsp3) is 0.400. The highest BCUT2D eigenvalue weighted by Gasteiger charge is 2.10. The number of quaternary nitrogens is 1. The van der Waals surface area contributed by atoms with Gasteiger partial charge < -0.3 is 10.2 Å². The molecular formula is C20H26N5+. The van der Waals surface area contributed by atoms with Gasteiger partial charge in [0.1, 0.15) is 12.4 Å². The van der Waals surface area contributed by atoms with Gasteiger partial charge in [0.05, 0.1) is 13.0 Å². The van der Waals surface area contributed by atoms with E-state index in [0.717, 1.165) is 31.0 Å². The highest BCUT2D eigenvalue weighted by Crippen LogP contribution is 2.19. The predicted molar refractivity (Wildman–Crippen MR) is 99.7 cm³/mol. The van der Waals surface area contributed by atoms with Gasteiger partial charge in [-0.1, -0.05) is 18.2 Å². The molecule has 0 unspecified atom stereocenters. The minimum atomic E-state index is 0.922. The number of piperidine rings is 1. The number of nitrogens with zero attached hydrogens (tertiary/aromatic N) is 4. The molecule has 1 aliphatic heterocycles. The van der Waals surface area contributed by atoms with Crippen LogP contribution in [0.5, 0.6) is 0 Å². The molecule has 1 aromatic carbocycles. The fourth-order valence-corrected chi connectivity index (χ4v) is 3.56. The van der Waals surface area contributed by atoms with Crippen molar-refractivity contribution in [1.82, 2.24) is 14.6 Å². The van der Waals surface area contributed by atoms with Crippen molar-refractivity contribution >= 4 is 11.3 Å². The fourth-order valence-electron chi connectivity index (χ4n) is 3.56. The van der Waals surface area contributed by atoms with E-state index in [4.69, 9.17) is 0 Å². The number of nitrogens with two attached hydrogens (primary N) is 1. The average molecular weight is 336 g/mol. The lowest BCUT2D eigenvalue weighted by Gasteiger charge is -2.28. The monoisotopic (exact) mass is 336 g/mol. The number of anilines is 1. The van der Waals surface area contributed by atoms with Gasteiger partial charge in [0.25, 0.3) is 0 Å². The third kappa shape index (κ3) is 3.82. The lowest BCUT2D eigenvalue weighted by atomic mass is 10.1. The minimum absolute atomic E-state index is 0.922. The summed E-state index contributed by atoms with van der Waals surface area (Å²) in [6.07, 6.45) is 6.99. The van der Waals surface area contributed by atoms with Crippen LogP contribution in [0.3, 0.4) is 0 Å². The number of benzene rings is 1. The summed E-state index contributed by atoms with van der Waals surface area (Å²) >= 11 is 0. The van der Waals surface area contributed by atoms with Crippen molar-refractivity contribution in [3.05, 3.63) is 60.0 Å². The number of pyridine rings is 1. The zero-order valence-electron chi connectivity index (χ0n) is 14.6. The van der Waals surface area contributed by atoms with Gasteiger partial charge >= 0.3 is 0 Å².